The molecule has 0 spiro atoms. The second-order valence-electron chi connectivity index (χ2n) is 3.79. The van der Waals surface area contributed by atoms with Crippen LogP contribution in [0, 0.1) is 6.92 Å². The first-order chi connectivity index (χ1) is 8.45. The van der Waals surface area contributed by atoms with Crippen LogP contribution in [0.5, 0.6) is 0 Å². The average Bonchev–Trinajstić information content (AvgIpc) is 2.34. The van der Waals surface area contributed by atoms with Crippen LogP contribution in [-0.2, 0) is 23.6 Å². The number of hydrogen-bond acceptors (Lipinski definition) is 5. The molecule has 0 fully saturated rings. The number of hydrogen-bond donors (Lipinski definition) is 0. The molecule has 100 valence electrons. The molecule has 0 aliphatic rings. The van der Waals surface area contributed by atoms with Gasteiger partial charge in [0.05, 0.1) is 17.6 Å². The normalized spacial score (nSPS) is 13.7. The van der Waals surface area contributed by atoms with Gasteiger partial charge in [-0.25, -0.2) is 0 Å². The predicted molar refractivity (Wildman–Crippen MR) is 67.3 cm³/mol. The van der Waals surface area contributed by atoms with Crippen molar-refractivity contribution in [1.82, 2.24) is 0 Å². The number of benzene rings is 1. The SMILES string of the molecule is Cc1ccc(S(=O)(=O)OCC(C)OCP=O)cc1. The first-order valence-electron chi connectivity index (χ1n) is 5.32. The monoisotopic (exact) mass is 290 g/mol. The van der Waals surface area contributed by atoms with Gasteiger partial charge in [-0.15, -0.1) is 0 Å². The van der Waals surface area contributed by atoms with E-state index in [9.17, 15) is 13.0 Å². The Labute approximate surface area is 108 Å². The van der Waals surface area contributed by atoms with Crippen LogP contribution in [0.15, 0.2) is 29.2 Å². The fourth-order valence-electron chi connectivity index (χ4n) is 1.16. The highest BCUT2D eigenvalue weighted by Crippen LogP contribution is 2.14. The van der Waals surface area contributed by atoms with Crippen molar-refractivity contribution in [1.29, 1.82) is 0 Å². The summed E-state index contributed by atoms with van der Waals surface area (Å²) in [6, 6.07) is 6.39. The fraction of sp³-hybridized carbons (Fsp3) is 0.455. The summed E-state index contributed by atoms with van der Waals surface area (Å²) in [4.78, 5) is 0.113. The molecule has 1 aromatic rings. The topological polar surface area (TPSA) is 69.7 Å². The van der Waals surface area contributed by atoms with Crippen molar-refractivity contribution in [2.24, 2.45) is 0 Å². The maximum absolute atomic E-state index is 11.8. The number of aryl methyl sites for hydroxylation is 1. The van der Waals surface area contributed by atoms with Crippen LogP contribution in [0.3, 0.4) is 0 Å². The Kier molecular flexibility index (Phi) is 5.88. The fourth-order valence-corrected chi connectivity index (χ4v) is 2.46. The second-order valence-corrected chi connectivity index (χ2v) is 5.92. The third kappa shape index (κ3) is 4.82. The summed E-state index contributed by atoms with van der Waals surface area (Å²) >= 11 is 0. The van der Waals surface area contributed by atoms with Crippen LogP contribution in [0.2, 0.25) is 0 Å². The molecule has 1 aromatic carbocycles. The molecule has 0 aliphatic carbocycles. The Morgan fingerprint density at radius 2 is 1.89 bits per heavy atom. The van der Waals surface area contributed by atoms with Gasteiger partial charge in [-0.2, -0.15) is 8.42 Å². The highest BCUT2D eigenvalue weighted by atomic mass is 32.2. The lowest BCUT2D eigenvalue weighted by molar-refractivity contribution is 0.0623. The largest absolute Gasteiger partial charge is 0.364 e. The molecule has 0 bridgehead atoms. The second kappa shape index (κ2) is 6.95. The molecule has 5 nitrogen and oxygen atoms in total. The summed E-state index contributed by atoms with van der Waals surface area (Å²) in [5.74, 6) is 0. The zero-order chi connectivity index (χ0) is 13.6. The van der Waals surface area contributed by atoms with Crippen LogP contribution < -0.4 is 0 Å². The van der Waals surface area contributed by atoms with Crippen molar-refractivity contribution in [3.8, 4) is 0 Å². The summed E-state index contributed by atoms with van der Waals surface area (Å²) in [5, 5.41) is 0. The minimum absolute atomic E-state index is 0.0229. The lowest BCUT2D eigenvalue weighted by Gasteiger charge is -2.11. The maximum atomic E-state index is 11.8. The van der Waals surface area contributed by atoms with Crippen molar-refractivity contribution in [3.63, 3.8) is 0 Å². The molecule has 0 aromatic heterocycles. The predicted octanol–water partition coefficient (Wildman–Crippen LogP) is 2.35. The Morgan fingerprint density at radius 1 is 1.28 bits per heavy atom. The molecule has 0 radical (unpaired) electrons. The molecule has 18 heavy (non-hydrogen) atoms. The van der Waals surface area contributed by atoms with Crippen LogP contribution in [0.25, 0.3) is 0 Å². The van der Waals surface area contributed by atoms with Gasteiger partial charge in [0.15, 0.2) is 8.46 Å². The van der Waals surface area contributed by atoms with Gasteiger partial charge in [0.2, 0.25) is 0 Å². The summed E-state index contributed by atoms with van der Waals surface area (Å²) < 4.78 is 43.6. The first kappa shape index (κ1) is 15.2. The van der Waals surface area contributed by atoms with Gasteiger partial charge in [0.1, 0.15) is 6.35 Å². The number of rotatable bonds is 7. The Hall–Kier alpha value is -0.810. The van der Waals surface area contributed by atoms with E-state index in [4.69, 9.17) is 8.92 Å². The molecule has 0 saturated heterocycles. The van der Waals surface area contributed by atoms with Gasteiger partial charge < -0.3 is 4.74 Å². The molecule has 0 aliphatic heterocycles. The molecule has 1 atom stereocenters. The highest BCUT2D eigenvalue weighted by Gasteiger charge is 2.16. The first-order valence-corrected chi connectivity index (χ1v) is 7.73. The smallest absolute Gasteiger partial charge is 0.297 e. The lowest BCUT2D eigenvalue weighted by Crippen LogP contribution is -2.19. The molecule has 7 heteroatoms. The molecule has 0 amide bonds. The average molecular weight is 290 g/mol. The van der Waals surface area contributed by atoms with E-state index in [1.165, 1.54) is 12.1 Å². The third-order valence-electron chi connectivity index (χ3n) is 2.18. The zero-order valence-electron chi connectivity index (χ0n) is 10.2. The van der Waals surface area contributed by atoms with Crippen molar-refractivity contribution in [2.75, 3.05) is 13.0 Å². The van der Waals surface area contributed by atoms with Gasteiger partial charge >= 0.3 is 0 Å². The van der Waals surface area contributed by atoms with Crippen LogP contribution in [0.4, 0.5) is 0 Å². The Balaban J connectivity index is 2.60. The van der Waals surface area contributed by atoms with E-state index in [0.717, 1.165) is 5.56 Å². The van der Waals surface area contributed by atoms with E-state index in [2.05, 4.69) is 0 Å². The summed E-state index contributed by atoms with van der Waals surface area (Å²) in [6.07, 6.45) is -0.415. The third-order valence-corrected chi connectivity index (χ3v) is 3.73. The molecular formula is C11H15O5PS. The van der Waals surface area contributed by atoms with Crippen molar-refractivity contribution in [2.45, 2.75) is 24.8 Å². The van der Waals surface area contributed by atoms with Gasteiger partial charge in [-0.1, -0.05) is 17.7 Å². The van der Waals surface area contributed by atoms with Gasteiger partial charge in [-0.05, 0) is 26.0 Å². The van der Waals surface area contributed by atoms with E-state index in [0.29, 0.717) is 0 Å². The lowest BCUT2D eigenvalue weighted by atomic mass is 10.2. The summed E-state index contributed by atoms with van der Waals surface area (Å²) in [6.45, 7) is 3.41. The molecule has 1 rings (SSSR count). The van der Waals surface area contributed by atoms with E-state index in [1.807, 2.05) is 6.92 Å². The number of ether oxygens (including phenoxy) is 1. The molecular weight excluding hydrogens is 275 g/mol. The Morgan fingerprint density at radius 3 is 2.44 bits per heavy atom. The van der Waals surface area contributed by atoms with Gasteiger partial charge in [-0.3, -0.25) is 8.75 Å². The van der Waals surface area contributed by atoms with Crippen LogP contribution in [0.1, 0.15) is 12.5 Å². The van der Waals surface area contributed by atoms with E-state index in [-0.39, 0.29) is 26.3 Å². The van der Waals surface area contributed by atoms with Gasteiger partial charge in [0, 0.05) is 0 Å². The van der Waals surface area contributed by atoms with E-state index >= 15 is 0 Å². The molecule has 1 unspecified atom stereocenters. The van der Waals surface area contributed by atoms with Crippen molar-refractivity contribution < 1.29 is 21.9 Å². The molecule has 0 heterocycles. The van der Waals surface area contributed by atoms with Crippen molar-refractivity contribution >= 4 is 18.6 Å². The molecule has 0 N–H and O–H groups in total. The van der Waals surface area contributed by atoms with Crippen molar-refractivity contribution in [3.05, 3.63) is 29.8 Å². The van der Waals surface area contributed by atoms with Crippen LogP contribution in [-0.4, -0.2) is 27.5 Å². The standard InChI is InChI=1S/C11H15O5PS/c1-9-3-5-11(6-4-9)18(13,14)16-7-10(2)15-8-17-12/h3-6,10H,7-8H2,1-2H3. The summed E-state index contributed by atoms with van der Waals surface area (Å²) in [5.41, 5.74) is 0.972. The Bertz CT molecular complexity index is 483. The van der Waals surface area contributed by atoms with Gasteiger partial charge in [0.25, 0.3) is 10.1 Å². The minimum atomic E-state index is -3.76. The quantitative estimate of drug-likeness (QED) is 0.569. The molecule has 0 saturated carbocycles. The minimum Gasteiger partial charge on any atom is -0.364 e. The van der Waals surface area contributed by atoms with E-state index in [1.54, 1.807) is 19.1 Å². The zero-order valence-corrected chi connectivity index (χ0v) is 11.9. The summed E-state index contributed by atoms with van der Waals surface area (Å²) in [7, 11) is -3.90. The highest BCUT2D eigenvalue weighted by molar-refractivity contribution is 7.86. The van der Waals surface area contributed by atoms with Crippen LogP contribution >= 0.6 is 8.46 Å². The maximum Gasteiger partial charge on any atom is 0.297 e. The van der Waals surface area contributed by atoms with E-state index < -0.39 is 16.2 Å².